The molecule has 16 heavy (non-hydrogen) atoms. The minimum absolute atomic E-state index is 0. The molecule has 2 aliphatic rings. The van der Waals surface area contributed by atoms with Crippen LogP contribution in [0.3, 0.4) is 0 Å². The second kappa shape index (κ2) is 4.55. The van der Waals surface area contributed by atoms with Crippen LogP contribution in [0.15, 0.2) is 12.4 Å². The summed E-state index contributed by atoms with van der Waals surface area (Å²) >= 11 is 0. The molecule has 1 aliphatic carbocycles. The van der Waals surface area contributed by atoms with Gasteiger partial charge >= 0.3 is 0 Å². The van der Waals surface area contributed by atoms with Crippen molar-refractivity contribution < 1.29 is 4.74 Å². The monoisotopic (exact) mass is 241 g/mol. The van der Waals surface area contributed by atoms with Gasteiger partial charge in [0.2, 0.25) is 5.88 Å². The van der Waals surface area contributed by atoms with Crippen molar-refractivity contribution in [3.63, 3.8) is 0 Å². The van der Waals surface area contributed by atoms with Crippen LogP contribution in [-0.4, -0.2) is 29.2 Å². The van der Waals surface area contributed by atoms with Gasteiger partial charge in [0, 0.05) is 31.1 Å². The predicted octanol–water partition coefficient (Wildman–Crippen LogP) is 1.19. The number of rotatable bonds is 2. The topological polar surface area (TPSA) is 47.0 Å². The van der Waals surface area contributed by atoms with Gasteiger partial charge < -0.3 is 10.1 Å². The van der Waals surface area contributed by atoms with Gasteiger partial charge in [-0.2, -0.15) is 0 Å². The maximum Gasteiger partial charge on any atom is 0.232 e. The summed E-state index contributed by atoms with van der Waals surface area (Å²) in [6, 6.07) is 0. The van der Waals surface area contributed by atoms with Crippen molar-refractivity contribution in [1.82, 2.24) is 15.3 Å². The van der Waals surface area contributed by atoms with Crippen molar-refractivity contribution >= 4 is 12.4 Å². The zero-order valence-electron chi connectivity index (χ0n) is 9.22. The van der Waals surface area contributed by atoms with Gasteiger partial charge in [-0.05, 0) is 13.3 Å². The van der Waals surface area contributed by atoms with E-state index in [1.165, 1.54) is 6.42 Å². The zero-order valence-corrected chi connectivity index (χ0v) is 10.0. The van der Waals surface area contributed by atoms with Crippen molar-refractivity contribution in [1.29, 1.82) is 0 Å². The SMILES string of the molecule is Cc1cncc(OC2[C@@H]3CNC[C@H]2C3)n1.Cl. The molecule has 1 aromatic heterocycles. The predicted molar refractivity (Wildman–Crippen MR) is 62.9 cm³/mol. The molecule has 0 radical (unpaired) electrons. The lowest BCUT2D eigenvalue weighted by atomic mass is 9.69. The molecular formula is C11H16ClN3O. The second-order valence-electron chi connectivity index (χ2n) is 4.50. The fraction of sp³-hybridized carbons (Fsp3) is 0.636. The smallest absolute Gasteiger partial charge is 0.232 e. The lowest BCUT2D eigenvalue weighted by Gasteiger charge is -2.48. The highest BCUT2D eigenvalue weighted by Gasteiger charge is 2.45. The van der Waals surface area contributed by atoms with E-state index in [1.807, 2.05) is 6.92 Å². The van der Waals surface area contributed by atoms with E-state index in [0.717, 1.165) is 18.8 Å². The Morgan fingerprint density at radius 3 is 2.69 bits per heavy atom. The summed E-state index contributed by atoms with van der Waals surface area (Å²) in [5.74, 6) is 2.02. The van der Waals surface area contributed by atoms with Gasteiger partial charge in [0.05, 0.1) is 11.9 Å². The molecule has 3 atom stereocenters. The summed E-state index contributed by atoms with van der Waals surface area (Å²) in [4.78, 5) is 8.40. The van der Waals surface area contributed by atoms with Gasteiger partial charge in [-0.1, -0.05) is 0 Å². The van der Waals surface area contributed by atoms with E-state index in [4.69, 9.17) is 4.74 Å². The van der Waals surface area contributed by atoms with Crippen LogP contribution in [0.4, 0.5) is 0 Å². The van der Waals surface area contributed by atoms with Crippen LogP contribution in [-0.2, 0) is 0 Å². The standard InChI is InChI=1S/C11H15N3O.ClH/c1-7-3-12-6-10(14-7)15-11-8-2-9(11)5-13-4-8;/h3,6,8-9,11,13H,2,4-5H2,1H3;1H/t8-,9+,11?;. The number of aryl methyl sites for hydroxylation is 1. The van der Waals surface area contributed by atoms with Crippen LogP contribution in [0.1, 0.15) is 12.1 Å². The summed E-state index contributed by atoms with van der Waals surface area (Å²) in [5.41, 5.74) is 0.912. The van der Waals surface area contributed by atoms with Gasteiger partial charge in [-0.15, -0.1) is 12.4 Å². The van der Waals surface area contributed by atoms with Crippen molar-refractivity contribution in [3.05, 3.63) is 18.1 Å². The summed E-state index contributed by atoms with van der Waals surface area (Å²) in [5, 5.41) is 3.40. The number of halogens is 1. The maximum atomic E-state index is 5.88. The molecule has 1 N–H and O–H groups in total. The average molecular weight is 242 g/mol. The Labute approximate surface area is 101 Å². The number of hydrogen-bond donors (Lipinski definition) is 1. The third-order valence-electron chi connectivity index (χ3n) is 3.34. The number of hydrogen-bond acceptors (Lipinski definition) is 4. The molecule has 1 saturated heterocycles. The molecule has 1 aliphatic heterocycles. The molecule has 1 unspecified atom stereocenters. The van der Waals surface area contributed by atoms with Crippen LogP contribution in [0.25, 0.3) is 0 Å². The van der Waals surface area contributed by atoms with E-state index < -0.39 is 0 Å². The van der Waals surface area contributed by atoms with Crippen molar-refractivity contribution in [3.8, 4) is 5.88 Å². The van der Waals surface area contributed by atoms with Crippen LogP contribution >= 0.6 is 12.4 Å². The first-order valence-corrected chi connectivity index (χ1v) is 5.49. The molecule has 1 saturated carbocycles. The summed E-state index contributed by atoms with van der Waals surface area (Å²) in [6.45, 7) is 4.10. The summed E-state index contributed by atoms with van der Waals surface area (Å²) < 4.78 is 5.88. The van der Waals surface area contributed by atoms with Gasteiger partial charge in [0.1, 0.15) is 6.10 Å². The molecule has 2 bridgehead atoms. The van der Waals surface area contributed by atoms with Crippen LogP contribution in [0.2, 0.25) is 0 Å². The quantitative estimate of drug-likeness (QED) is 0.845. The Balaban J connectivity index is 0.000000963. The molecule has 2 heterocycles. The molecule has 4 nitrogen and oxygen atoms in total. The highest BCUT2D eigenvalue weighted by Crippen LogP contribution is 2.38. The number of nitrogens with one attached hydrogen (secondary N) is 1. The molecular weight excluding hydrogens is 226 g/mol. The minimum Gasteiger partial charge on any atom is -0.473 e. The average Bonchev–Trinajstić information content (AvgIpc) is 2.27. The molecule has 0 spiro atoms. The molecule has 5 heteroatoms. The van der Waals surface area contributed by atoms with Gasteiger partial charge in [-0.3, -0.25) is 4.98 Å². The first-order chi connectivity index (χ1) is 7.33. The van der Waals surface area contributed by atoms with Crippen LogP contribution in [0.5, 0.6) is 5.88 Å². The van der Waals surface area contributed by atoms with E-state index in [9.17, 15) is 0 Å². The van der Waals surface area contributed by atoms with E-state index in [1.54, 1.807) is 12.4 Å². The van der Waals surface area contributed by atoms with Crippen molar-refractivity contribution in [2.75, 3.05) is 13.1 Å². The number of fused-ring (bicyclic) bond motifs is 2. The first kappa shape index (κ1) is 11.6. The van der Waals surface area contributed by atoms with E-state index in [0.29, 0.717) is 23.8 Å². The fourth-order valence-electron chi connectivity index (χ4n) is 2.53. The maximum absolute atomic E-state index is 5.88. The van der Waals surface area contributed by atoms with E-state index in [2.05, 4.69) is 15.3 Å². The first-order valence-electron chi connectivity index (χ1n) is 5.49. The van der Waals surface area contributed by atoms with Crippen molar-refractivity contribution in [2.45, 2.75) is 19.4 Å². The normalized spacial score (nSPS) is 31.2. The Bertz CT molecular complexity index is 360. The second-order valence-corrected chi connectivity index (χ2v) is 4.50. The van der Waals surface area contributed by atoms with Gasteiger partial charge in [0.15, 0.2) is 0 Å². The zero-order chi connectivity index (χ0) is 10.3. The van der Waals surface area contributed by atoms with Gasteiger partial charge in [0.25, 0.3) is 0 Å². The third kappa shape index (κ3) is 1.99. The Hall–Kier alpha value is -0.870. The molecule has 1 aromatic rings. The number of ether oxygens (including phenoxy) is 1. The Kier molecular flexibility index (Phi) is 3.30. The Morgan fingerprint density at radius 1 is 1.31 bits per heavy atom. The third-order valence-corrected chi connectivity index (χ3v) is 3.34. The Morgan fingerprint density at radius 2 is 2.06 bits per heavy atom. The van der Waals surface area contributed by atoms with Crippen molar-refractivity contribution in [2.24, 2.45) is 11.8 Å². The minimum atomic E-state index is 0. The van der Waals surface area contributed by atoms with Crippen LogP contribution in [0, 0.1) is 18.8 Å². The highest BCUT2D eigenvalue weighted by atomic mass is 35.5. The molecule has 2 fully saturated rings. The van der Waals surface area contributed by atoms with E-state index >= 15 is 0 Å². The lowest BCUT2D eigenvalue weighted by molar-refractivity contribution is -0.0472. The number of aromatic nitrogens is 2. The van der Waals surface area contributed by atoms with E-state index in [-0.39, 0.29) is 12.4 Å². The summed E-state index contributed by atoms with van der Waals surface area (Å²) in [6.07, 6.45) is 5.11. The number of nitrogens with zero attached hydrogens (tertiary/aromatic N) is 2. The van der Waals surface area contributed by atoms with Crippen LogP contribution < -0.4 is 10.1 Å². The molecule has 3 rings (SSSR count). The molecule has 88 valence electrons. The number of piperidine rings is 2. The molecule has 0 amide bonds. The highest BCUT2D eigenvalue weighted by molar-refractivity contribution is 5.85. The fourth-order valence-corrected chi connectivity index (χ4v) is 2.53. The molecule has 0 aromatic carbocycles. The summed E-state index contributed by atoms with van der Waals surface area (Å²) in [7, 11) is 0. The lowest BCUT2D eigenvalue weighted by Crippen LogP contribution is -2.59. The largest absolute Gasteiger partial charge is 0.473 e. The van der Waals surface area contributed by atoms with Gasteiger partial charge in [-0.25, -0.2) is 4.98 Å².